The van der Waals surface area contributed by atoms with Crippen molar-refractivity contribution < 1.29 is 10.2 Å². The fourth-order valence-electron chi connectivity index (χ4n) is 4.28. The minimum Gasteiger partial charge on any atom is -0.380 e. The van der Waals surface area contributed by atoms with E-state index in [1.165, 1.54) is 0 Å². The highest BCUT2D eigenvalue weighted by Crippen LogP contribution is 2.40. The molecule has 0 saturated heterocycles. The van der Waals surface area contributed by atoms with Crippen LogP contribution in [0.5, 0.6) is 0 Å². The molecule has 0 aliphatic carbocycles. The number of nitrogens with two attached hydrogens (primary N) is 1. The largest absolute Gasteiger partial charge is 0.380 e. The zero-order chi connectivity index (χ0) is 21.7. The molecule has 0 aromatic heterocycles. The quantitative estimate of drug-likeness (QED) is 0.419. The smallest absolute Gasteiger partial charge is 0.130 e. The van der Waals surface area contributed by atoms with Crippen LogP contribution in [0.4, 0.5) is 0 Å². The van der Waals surface area contributed by atoms with E-state index < -0.39 is 17.2 Å². The summed E-state index contributed by atoms with van der Waals surface area (Å²) in [5, 5.41) is 24.0. The number of hydrogen-bond donors (Lipinski definition) is 3. The third-order valence-electron chi connectivity index (χ3n) is 5.98. The molecule has 0 bridgehead atoms. The lowest BCUT2D eigenvalue weighted by Crippen LogP contribution is -2.50. The predicted molar refractivity (Wildman–Crippen MR) is 124 cm³/mol. The van der Waals surface area contributed by atoms with Crippen LogP contribution in [0.3, 0.4) is 0 Å². The van der Waals surface area contributed by atoms with E-state index in [0.29, 0.717) is 11.1 Å². The zero-order valence-corrected chi connectivity index (χ0v) is 17.3. The molecule has 0 saturated carbocycles. The maximum absolute atomic E-state index is 12.0. The minimum absolute atomic E-state index is 0.126. The molecular formula is C28H27NO2. The summed E-state index contributed by atoms with van der Waals surface area (Å²) in [4.78, 5) is 0. The van der Waals surface area contributed by atoms with Crippen molar-refractivity contribution in [3.05, 3.63) is 144 Å². The molecule has 4 aromatic carbocycles. The van der Waals surface area contributed by atoms with Gasteiger partial charge in [-0.05, 0) is 22.3 Å². The van der Waals surface area contributed by atoms with Crippen molar-refractivity contribution in [2.45, 2.75) is 23.7 Å². The third-order valence-corrected chi connectivity index (χ3v) is 5.98. The van der Waals surface area contributed by atoms with E-state index in [1.54, 1.807) is 0 Å². The molecule has 0 heterocycles. The van der Waals surface area contributed by atoms with Crippen LogP contribution in [0.25, 0.3) is 0 Å². The molecule has 0 aliphatic rings. The highest BCUT2D eigenvalue weighted by atomic mass is 16.3. The molecule has 0 unspecified atom stereocenters. The molecular weight excluding hydrogens is 382 g/mol. The number of aliphatic hydroxyl groups is 2. The molecule has 0 amide bonds. The fraction of sp³-hybridized carbons (Fsp3) is 0.143. The van der Waals surface area contributed by atoms with Crippen molar-refractivity contribution in [3.63, 3.8) is 0 Å². The SMILES string of the molecule is N[C@@H](CC(O)(c1ccccc1)c1ccccc1)C(O)(c1ccccc1)c1ccccc1. The molecule has 4 N–H and O–H groups in total. The summed E-state index contributed by atoms with van der Waals surface area (Å²) in [5.41, 5.74) is 6.79. The summed E-state index contributed by atoms with van der Waals surface area (Å²) in [7, 11) is 0. The Morgan fingerprint density at radius 2 is 0.806 bits per heavy atom. The van der Waals surface area contributed by atoms with E-state index >= 15 is 0 Å². The van der Waals surface area contributed by atoms with E-state index in [4.69, 9.17) is 5.73 Å². The Morgan fingerprint density at radius 3 is 1.13 bits per heavy atom. The second-order valence-corrected chi connectivity index (χ2v) is 7.90. The first-order valence-electron chi connectivity index (χ1n) is 10.5. The van der Waals surface area contributed by atoms with Crippen LogP contribution in [-0.4, -0.2) is 16.3 Å². The molecule has 0 aliphatic heterocycles. The number of benzene rings is 4. The number of hydrogen-bond acceptors (Lipinski definition) is 3. The number of rotatable bonds is 7. The molecule has 3 heteroatoms. The lowest BCUT2D eigenvalue weighted by atomic mass is 9.73. The maximum Gasteiger partial charge on any atom is 0.130 e. The summed E-state index contributed by atoms with van der Waals surface area (Å²) in [6.45, 7) is 0. The van der Waals surface area contributed by atoms with Gasteiger partial charge in [-0.2, -0.15) is 0 Å². The van der Waals surface area contributed by atoms with E-state index in [2.05, 4.69) is 0 Å². The Kier molecular flexibility index (Phi) is 6.01. The van der Waals surface area contributed by atoms with Crippen molar-refractivity contribution in [2.24, 2.45) is 5.73 Å². The van der Waals surface area contributed by atoms with Gasteiger partial charge in [0.2, 0.25) is 0 Å². The fourth-order valence-corrected chi connectivity index (χ4v) is 4.28. The van der Waals surface area contributed by atoms with Crippen LogP contribution >= 0.6 is 0 Å². The molecule has 156 valence electrons. The topological polar surface area (TPSA) is 66.5 Å². The summed E-state index contributed by atoms with van der Waals surface area (Å²) in [6.07, 6.45) is 0.126. The molecule has 31 heavy (non-hydrogen) atoms. The molecule has 0 fully saturated rings. The van der Waals surface area contributed by atoms with Crippen LogP contribution in [0.2, 0.25) is 0 Å². The predicted octanol–water partition coefficient (Wildman–Crippen LogP) is 4.58. The van der Waals surface area contributed by atoms with Gasteiger partial charge in [0.05, 0.1) is 0 Å². The van der Waals surface area contributed by atoms with E-state index in [-0.39, 0.29) is 6.42 Å². The van der Waals surface area contributed by atoms with Gasteiger partial charge in [-0.3, -0.25) is 0 Å². The van der Waals surface area contributed by atoms with Crippen molar-refractivity contribution >= 4 is 0 Å². The summed E-state index contributed by atoms with van der Waals surface area (Å²) >= 11 is 0. The zero-order valence-electron chi connectivity index (χ0n) is 17.3. The second-order valence-electron chi connectivity index (χ2n) is 7.90. The normalized spacial score (nSPS) is 13.0. The van der Waals surface area contributed by atoms with Gasteiger partial charge in [-0.25, -0.2) is 0 Å². The van der Waals surface area contributed by atoms with Gasteiger partial charge in [0, 0.05) is 12.5 Å². The van der Waals surface area contributed by atoms with Crippen LogP contribution in [0.15, 0.2) is 121 Å². The van der Waals surface area contributed by atoms with Gasteiger partial charge in [0.1, 0.15) is 11.2 Å². The van der Waals surface area contributed by atoms with Gasteiger partial charge in [0.25, 0.3) is 0 Å². The van der Waals surface area contributed by atoms with Crippen LogP contribution in [0.1, 0.15) is 28.7 Å². The monoisotopic (exact) mass is 409 g/mol. The Labute approximate surface area is 183 Å². The van der Waals surface area contributed by atoms with Crippen molar-refractivity contribution in [2.75, 3.05) is 0 Å². The first-order chi connectivity index (χ1) is 15.0. The highest BCUT2D eigenvalue weighted by Gasteiger charge is 2.44. The molecule has 4 rings (SSSR count). The average Bonchev–Trinajstić information content (AvgIpc) is 2.85. The standard InChI is InChI=1S/C28H27NO2/c29-26(28(31,24-17-9-3-10-18-24)25-19-11-4-12-20-25)21-27(30,22-13-5-1-6-14-22)23-15-7-2-8-16-23/h1-20,26,30-31H,21,29H2/t26-/m0/s1. The van der Waals surface area contributed by atoms with Gasteiger partial charge >= 0.3 is 0 Å². The molecule has 4 aromatic rings. The Balaban J connectivity index is 1.82. The highest BCUT2D eigenvalue weighted by molar-refractivity contribution is 5.41. The van der Waals surface area contributed by atoms with Crippen LogP contribution < -0.4 is 5.73 Å². The lowest BCUT2D eigenvalue weighted by molar-refractivity contribution is -0.000965. The molecule has 0 spiro atoms. The second kappa shape index (κ2) is 8.86. The van der Waals surface area contributed by atoms with Gasteiger partial charge < -0.3 is 15.9 Å². The third kappa shape index (κ3) is 4.04. The Morgan fingerprint density at radius 1 is 0.516 bits per heavy atom. The van der Waals surface area contributed by atoms with Crippen LogP contribution in [0, 0.1) is 0 Å². The minimum atomic E-state index is -1.47. The summed E-state index contributed by atoms with van der Waals surface area (Å²) in [6, 6.07) is 37.1. The summed E-state index contributed by atoms with van der Waals surface area (Å²) in [5.74, 6) is 0. The van der Waals surface area contributed by atoms with E-state index in [0.717, 1.165) is 11.1 Å². The maximum atomic E-state index is 12.0. The first-order valence-corrected chi connectivity index (χ1v) is 10.5. The lowest BCUT2D eigenvalue weighted by Gasteiger charge is -2.40. The molecule has 1 atom stereocenters. The first kappa shape index (κ1) is 21.0. The van der Waals surface area contributed by atoms with Crippen molar-refractivity contribution in [3.8, 4) is 0 Å². The van der Waals surface area contributed by atoms with E-state index in [1.807, 2.05) is 121 Å². The van der Waals surface area contributed by atoms with Gasteiger partial charge in [0.15, 0.2) is 0 Å². The molecule has 0 radical (unpaired) electrons. The van der Waals surface area contributed by atoms with Gasteiger partial charge in [-0.15, -0.1) is 0 Å². The van der Waals surface area contributed by atoms with Crippen LogP contribution in [-0.2, 0) is 11.2 Å². The molecule has 3 nitrogen and oxygen atoms in total. The van der Waals surface area contributed by atoms with Crippen molar-refractivity contribution in [1.29, 1.82) is 0 Å². The average molecular weight is 410 g/mol. The Bertz CT molecular complexity index is 1000. The Hall–Kier alpha value is -3.24. The van der Waals surface area contributed by atoms with Crippen molar-refractivity contribution in [1.82, 2.24) is 0 Å². The van der Waals surface area contributed by atoms with E-state index in [9.17, 15) is 10.2 Å². The summed E-state index contributed by atoms with van der Waals surface area (Å²) < 4.78 is 0. The van der Waals surface area contributed by atoms with Gasteiger partial charge in [-0.1, -0.05) is 121 Å².